The summed E-state index contributed by atoms with van der Waals surface area (Å²) >= 11 is 1.36. The van der Waals surface area contributed by atoms with Gasteiger partial charge in [0.2, 0.25) is 5.95 Å². The number of rotatable bonds is 4. The SMILES string of the molecule is Cc1cc(Nc2ncc(C)c(N3CC(O)(CC#N)C3)n2)sn1. The highest BCUT2D eigenvalue weighted by Crippen LogP contribution is 2.31. The maximum Gasteiger partial charge on any atom is 0.229 e. The van der Waals surface area contributed by atoms with Crippen LogP contribution in [0.3, 0.4) is 0 Å². The zero-order chi connectivity index (χ0) is 15.7. The van der Waals surface area contributed by atoms with Gasteiger partial charge in [-0.1, -0.05) is 0 Å². The van der Waals surface area contributed by atoms with Gasteiger partial charge in [0.05, 0.1) is 31.3 Å². The average molecular weight is 316 g/mol. The number of hydrogen-bond donors (Lipinski definition) is 2. The van der Waals surface area contributed by atoms with Crippen molar-refractivity contribution in [2.75, 3.05) is 23.3 Å². The predicted molar refractivity (Wildman–Crippen MR) is 84.3 cm³/mol. The Bertz CT molecular complexity index is 731. The molecule has 7 nitrogen and oxygen atoms in total. The van der Waals surface area contributed by atoms with Crippen LogP contribution in [0.25, 0.3) is 0 Å². The van der Waals surface area contributed by atoms with E-state index in [0.29, 0.717) is 19.0 Å². The number of nitrogens with one attached hydrogen (secondary N) is 1. The Morgan fingerprint density at radius 2 is 2.27 bits per heavy atom. The minimum Gasteiger partial charge on any atom is -0.385 e. The molecule has 0 saturated carbocycles. The lowest BCUT2D eigenvalue weighted by molar-refractivity contribution is 0.0161. The van der Waals surface area contributed by atoms with E-state index < -0.39 is 5.60 Å². The molecule has 22 heavy (non-hydrogen) atoms. The number of nitriles is 1. The van der Waals surface area contributed by atoms with Crippen molar-refractivity contribution in [2.45, 2.75) is 25.9 Å². The highest BCUT2D eigenvalue weighted by atomic mass is 32.1. The Labute approximate surface area is 132 Å². The van der Waals surface area contributed by atoms with Gasteiger partial charge in [-0.15, -0.1) is 0 Å². The molecular weight excluding hydrogens is 300 g/mol. The number of nitrogens with zero attached hydrogens (tertiary/aromatic N) is 5. The fraction of sp³-hybridized carbons (Fsp3) is 0.429. The van der Waals surface area contributed by atoms with Gasteiger partial charge in [-0.2, -0.15) is 14.6 Å². The molecule has 0 amide bonds. The van der Waals surface area contributed by atoms with Crippen molar-refractivity contribution in [3.05, 3.63) is 23.5 Å². The summed E-state index contributed by atoms with van der Waals surface area (Å²) in [4.78, 5) is 10.7. The first kappa shape index (κ1) is 14.7. The summed E-state index contributed by atoms with van der Waals surface area (Å²) in [6.45, 7) is 4.69. The van der Waals surface area contributed by atoms with Crippen LogP contribution in [0.5, 0.6) is 0 Å². The Hall–Kier alpha value is -2.24. The third kappa shape index (κ3) is 2.86. The van der Waals surface area contributed by atoms with Crippen molar-refractivity contribution in [1.82, 2.24) is 14.3 Å². The number of aliphatic hydroxyl groups is 1. The third-order valence-electron chi connectivity index (χ3n) is 3.49. The molecule has 1 aliphatic heterocycles. The first-order valence-corrected chi connectivity index (χ1v) is 7.65. The molecule has 3 rings (SSSR count). The summed E-state index contributed by atoms with van der Waals surface area (Å²) in [7, 11) is 0. The molecule has 114 valence electrons. The summed E-state index contributed by atoms with van der Waals surface area (Å²) in [6, 6.07) is 3.95. The van der Waals surface area contributed by atoms with E-state index in [1.54, 1.807) is 6.20 Å². The summed E-state index contributed by atoms with van der Waals surface area (Å²) < 4.78 is 4.20. The monoisotopic (exact) mass is 316 g/mol. The van der Waals surface area contributed by atoms with Crippen molar-refractivity contribution in [1.29, 1.82) is 5.26 Å². The van der Waals surface area contributed by atoms with Crippen molar-refractivity contribution >= 4 is 28.3 Å². The summed E-state index contributed by atoms with van der Waals surface area (Å²) in [5.74, 6) is 1.28. The van der Waals surface area contributed by atoms with Gasteiger partial charge in [0, 0.05) is 11.8 Å². The zero-order valence-corrected chi connectivity index (χ0v) is 13.2. The second kappa shape index (κ2) is 5.51. The normalized spacial score (nSPS) is 16.0. The van der Waals surface area contributed by atoms with Gasteiger partial charge >= 0.3 is 0 Å². The lowest BCUT2D eigenvalue weighted by Gasteiger charge is -2.46. The molecule has 0 bridgehead atoms. The number of anilines is 3. The molecule has 2 aromatic rings. The molecule has 1 aliphatic rings. The van der Waals surface area contributed by atoms with Crippen LogP contribution in [0.4, 0.5) is 16.8 Å². The quantitative estimate of drug-likeness (QED) is 0.886. The van der Waals surface area contributed by atoms with Crippen LogP contribution in [-0.2, 0) is 0 Å². The Morgan fingerprint density at radius 1 is 1.50 bits per heavy atom. The highest BCUT2D eigenvalue weighted by molar-refractivity contribution is 7.10. The van der Waals surface area contributed by atoms with Gasteiger partial charge in [0.15, 0.2) is 0 Å². The first-order chi connectivity index (χ1) is 10.5. The second-order valence-corrected chi connectivity index (χ2v) is 6.38. The maximum absolute atomic E-state index is 10.1. The molecule has 0 radical (unpaired) electrons. The molecule has 1 saturated heterocycles. The maximum atomic E-state index is 10.1. The van der Waals surface area contributed by atoms with Crippen molar-refractivity contribution in [3.8, 4) is 6.07 Å². The van der Waals surface area contributed by atoms with Gasteiger partial charge in [-0.3, -0.25) is 0 Å². The molecule has 3 heterocycles. The molecule has 2 N–H and O–H groups in total. The zero-order valence-electron chi connectivity index (χ0n) is 12.4. The van der Waals surface area contributed by atoms with E-state index in [1.807, 2.05) is 30.9 Å². The molecular formula is C14H16N6OS. The van der Waals surface area contributed by atoms with Crippen LogP contribution < -0.4 is 10.2 Å². The summed E-state index contributed by atoms with van der Waals surface area (Å²) in [5.41, 5.74) is 0.961. The van der Waals surface area contributed by atoms with Crippen LogP contribution in [-0.4, -0.2) is 38.1 Å². The van der Waals surface area contributed by atoms with Crippen LogP contribution in [0.15, 0.2) is 12.3 Å². The van der Waals surface area contributed by atoms with Crippen molar-refractivity contribution < 1.29 is 5.11 Å². The first-order valence-electron chi connectivity index (χ1n) is 6.87. The van der Waals surface area contributed by atoms with Gasteiger partial charge in [0.25, 0.3) is 0 Å². The predicted octanol–water partition coefficient (Wildman–Crippen LogP) is 1.76. The molecule has 8 heteroatoms. The third-order valence-corrected chi connectivity index (χ3v) is 4.28. The van der Waals surface area contributed by atoms with Gasteiger partial charge in [0.1, 0.15) is 16.4 Å². The van der Waals surface area contributed by atoms with Crippen LogP contribution >= 0.6 is 11.5 Å². The summed E-state index contributed by atoms with van der Waals surface area (Å²) in [6.07, 6.45) is 1.89. The standard InChI is InChI=1S/C14H16N6OS/c1-9-6-16-13(17-11-5-10(2)19-22-11)18-12(9)20-7-14(21,8-20)3-4-15/h5-6,21H,3,7-8H2,1-2H3,(H,16,17,18). The van der Waals surface area contributed by atoms with Gasteiger partial charge in [-0.25, -0.2) is 4.98 Å². The van der Waals surface area contributed by atoms with Crippen molar-refractivity contribution in [3.63, 3.8) is 0 Å². The van der Waals surface area contributed by atoms with E-state index in [2.05, 4.69) is 19.7 Å². The number of aromatic nitrogens is 3. The van der Waals surface area contributed by atoms with Crippen LogP contribution in [0.2, 0.25) is 0 Å². The van der Waals surface area contributed by atoms with E-state index in [4.69, 9.17) is 5.26 Å². The topological polar surface area (TPSA) is 98.0 Å². The molecule has 2 aromatic heterocycles. The van der Waals surface area contributed by atoms with E-state index >= 15 is 0 Å². The largest absolute Gasteiger partial charge is 0.385 e. The van der Waals surface area contributed by atoms with Crippen LogP contribution in [0, 0.1) is 25.2 Å². The molecule has 0 atom stereocenters. The number of aryl methyl sites for hydroxylation is 2. The number of β-amino-alcohol motifs (C(OH)–C–C–N with tert-alkyl or cyclic N) is 1. The molecule has 0 aromatic carbocycles. The van der Waals surface area contributed by atoms with E-state index in [-0.39, 0.29) is 6.42 Å². The Balaban J connectivity index is 1.75. The van der Waals surface area contributed by atoms with Gasteiger partial charge < -0.3 is 15.3 Å². The fourth-order valence-electron chi connectivity index (χ4n) is 2.42. The molecule has 0 spiro atoms. The summed E-state index contributed by atoms with van der Waals surface area (Å²) in [5, 5.41) is 22.8. The van der Waals surface area contributed by atoms with E-state index in [0.717, 1.165) is 22.1 Å². The molecule has 0 aliphatic carbocycles. The smallest absolute Gasteiger partial charge is 0.229 e. The number of hydrogen-bond acceptors (Lipinski definition) is 8. The molecule has 0 unspecified atom stereocenters. The van der Waals surface area contributed by atoms with E-state index in [9.17, 15) is 5.11 Å². The average Bonchev–Trinajstić information content (AvgIpc) is 2.84. The van der Waals surface area contributed by atoms with Crippen molar-refractivity contribution in [2.24, 2.45) is 0 Å². The molecule has 1 fully saturated rings. The Kier molecular flexibility index (Phi) is 3.68. The fourth-order valence-corrected chi connectivity index (χ4v) is 3.07. The highest BCUT2D eigenvalue weighted by Gasteiger charge is 2.42. The minimum atomic E-state index is -0.922. The lowest BCUT2D eigenvalue weighted by Crippen LogP contribution is -2.62. The minimum absolute atomic E-state index is 0.138. The lowest BCUT2D eigenvalue weighted by atomic mass is 9.91. The Morgan fingerprint density at radius 3 is 2.91 bits per heavy atom. The van der Waals surface area contributed by atoms with Crippen LogP contribution in [0.1, 0.15) is 17.7 Å². The van der Waals surface area contributed by atoms with Gasteiger partial charge in [-0.05, 0) is 31.4 Å². The van der Waals surface area contributed by atoms with E-state index in [1.165, 1.54) is 11.5 Å². The second-order valence-electron chi connectivity index (χ2n) is 5.57.